The first-order chi connectivity index (χ1) is 11.7. The summed E-state index contributed by atoms with van der Waals surface area (Å²) in [5.41, 5.74) is 5.41. The minimum atomic E-state index is -0.528. The van der Waals surface area contributed by atoms with Gasteiger partial charge in [-0.25, -0.2) is 0 Å². The number of rotatable bonds is 17. The van der Waals surface area contributed by atoms with Gasteiger partial charge in [-0.2, -0.15) is 0 Å². The predicted molar refractivity (Wildman–Crippen MR) is 104 cm³/mol. The van der Waals surface area contributed by atoms with Crippen LogP contribution in [0.5, 0.6) is 0 Å². The van der Waals surface area contributed by atoms with Gasteiger partial charge in [0.15, 0.2) is 0 Å². The third kappa shape index (κ3) is 17.5. The van der Waals surface area contributed by atoms with Crippen LogP contribution >= 0.6 is 0 Å². The normalized spacial score (nSPS) is 12.6. The van der Waals surface area contributed by atoms with Crippen LogP contribution in [0.4, 0.5) is 0 Å². The van der Waals surface area contributed by atoms with Crippen LogP contribution in [-0.2, 0) is 9.53 Å². The molecule has 0 radical (unpaired) electrons. The first-order valence-corrected chi connectivity index (χ1v) is 10.3. The largest absolute Gasteiger partial charge is 0.460 e. The fourth-order valence-corrected chi connectivity index (χ4v) is 2.73. The molecular formula is C21H41NO2. The summed E-state index contributed by atoms with van der Waals surface area (Å²) in [7, 11) is 0. The molecule has 0 amide bonds. The fraction of sp³-hybridized carbons (Fsp3) is 0.857. The van der Waals surface area contributed by atoms with Crippen LogP contribution in [0.1, 0.15) is 104 Å². The Morgan fingerprint density at radius 3 is 1.75 bits per heavy atom. The van der Waals surface area contributed by atoms with Crippen molar-refractivity contribution < 1.29 is 9.53 Å². The summed E-state index contributed by atoms with van der Waals surface area (Å²) < 4.78 is 4.97. The number of allylic oxidation sites excluding steroid dienone is 1. The van der Waals surface area contributed by atoms with Gasteiger partial charge in [0.25, 0.3) is 0 Å². The van der Waals surface area contributed by atoms with Crippen LogP contribution in [0.15, 0.2) is 12.2 Å². The third-order valence-corrected chi connectivity index (χ3v) is 4.33. The Hall–Kier alpha value is -0.830. The Kier molecular flexibility index (Phi) is 17.9. The maximum Gasteiger partial charge on any atom is 0.322 e. The SMILES string of the molecule is CCCCCCCCCCCCCCCC=CCOC(=O)C(C)N. The molecular weight excluding hydrogens is 298 g/mol. The number of unbranched alkanes of at least 4 members (excludes halogenated alkanes) is 13. The average Bonchev–Trinajstić information content (AvgIpc) is 2.57. The molecule has 0 saturated heterocycles. The summed E-state index contributed by atoms with van der Waals surface area (Å²) in [5.74, 6) is -0.333. The minimum Gasteiger partial charge on any atom is -0.460 e. The molecule has 0 aliphatic carbocycles. The molecule has 1 atom stereocenters. The number of carbonyl (C=O) groups is 1. The highest BCUT2D eigenvalue weighted by Crippen LogP contribution is 2.12. The van der Waals surface area contributed by atoms with Gasteiger partial charge in [0.05, 0.1) is 0 Å². The number of esters is 1. The highest BCUT2D eigenvalue weighted by molar-refractivity contribution is 5.74. The van der Waals surface area contributed by atoms with E-state index in [-0.39, 0.29) is 5.97 Å². The Morgan fingerprint density at radius 1 is 0.833 bits per heavy atom. The van der Waals surface area contributed by atoms with Crippen molar-refractivity contribution in [1.82, 2.24) is 0 Å². The second-order valence-electron chi connectivity index (χ2n) is 6.92. The zero-order valence-corrected chi connectivity index (χ0v) is 16.2. The first kappa shape index (κ1) is 23.2. The summed E-state index contributed by atoms with van der Waals surface area (Å²) in [6, 6.07) is -0.528. The van der Waals surface area contributed by atoms with E-state index in [2.05, 4.69) is 13.0 Å². The molecule has 0 rings (SSSR count). The van der Waals surface area contributed by atoms with E-state index in [9.17, 15) is 4.79 Å². The second kappa shape index (κ2) is 18.5. The molecule has 0 bridgehead atoms. The summed E-state index contributed by atoms with van der Waals surface area (Å²) in [6.07, 6.45) is 23.1. The van der Waals surface area contributed by atoms with Crippen molar-refractivity contribution in [1.29, 1.82) is 0 Å². The van der Waals surface area contributed by atoms with Gasteiger partial charge in [0.2, 0.25) is 0 Å². The lowest BCUT2D eigenvalue weighted by Gasteiger charge is -2.04. The molecule has 3 heteroatoms. The van der Waals surface area contributed by atoms with Crippen LogP contribution < -0.4 is 5.73 Å². The van der Waals surface area contributed by atoms with Crippen molar-refractivity contribution >= 4 is 5.97 Å². The highest BCUT2D eigenvalue weighted by atomic mass is 16.5. The molecule has 0 fully saturated rings. The van der Waals surface area contributed by atoms with E-state index in [1.807, 2.05) is 6.08 Å². The Bertz CT molecular complexity index is 300. The maximum atomic E-state index is 11.1. The molecule has 3 nitrogen and oxygen atoms in total. The molecule has 0 saturated carbocycles. The van der Waals surface area contributed by atoms with Gasteiger partial charge in [-0.3, -0.25) is 4.79 Å². The van der Waals surface area contributed by atoms with Gasteiger partial charge < -0.3 is 10.5 Å². The maximum absolute atomic E-state index is 11.1. The van der Waals surface area contributed by atoms with Gasteiger partial charge in [-0.05, 0) is 19.8 Å². The summed E-state index contributed by atoms with van der Waals surface area (Å²) in [6.45, 7) is 4.26. The third-order valence-electron chi connectivity index (χ3n) is 4.33. The summed E-state index contributed by atoms with van der Waals surface area (Å²) in [5, 5.41) is 0. The average molecular weight is 340 g/mol. The lowest BCUT2D eigenvalue weighted by molar-refractivity contribution is -0.143. The lowest BCUT2D eigenvalue weighted by atomic mass is 10.0. The lowest BCUT2D eigenvalue weighted by Crippen LogP contribution is -2.28. The summed E-state index contributed by atoms with van der Waals surface area (Å²) >= 11 is 0. The fourth-order valence-electron chi connectivity index (χ4n) is 2.73. The van der Waals surface area contributed by atoms with Crippen LogP contribution in [0.2, 0.25) is 0 Å². The molecule has 0 aliphatic heterocycles. The molecule has 24 heavy (non-hydrogen) atoms. The van der Waals surface area contributed by atoms with Crippen LogP contribution in [-0.4, -0.2) is 18.6 Å². The smallest absolute Gasteiger partial charge is 0.322 e. The van der Waals surface area contributed by atoms with E-state index >= 15 is 0 Å². The molecule has 1 unspecified atom stereocenters. The quantitative estimate of drug-likeness (QED) is 0.203. The zero-order chi connectivity index (χ0) is 17.9. The zero-order valence-electron chi connectivity index (χ0n) is 16.2. The number of hydrogen-bond acceptors (Lipinski definition) is 3. The number of hydrogen-bond donors (Lipinski definition) is 1. The van der Waals surface area contributed by atoms with Crippen LogP contribution in [0.3, 0.4) is 0 Å². The topological polar surface area (TPSA) is 52.3 Å². The van der Waals surface area contributed by atoms with Crippen LogP contribution in [0.25, 0.3) is 0 Å². The standard InChI is InChI=1S/C21H41NO2/c1-3-4-5-6-7-8-9-10-11-12-13-14-15-16-17-18-19-24-21(23)20(2)22/h17-18,20H,3-16,19,22H2,1-2H3. The van der Waals surface area contributed by atoms with E-state index in [0.717, 1.165) is 6.42 Å². The van der Waals surface area contributed by atoms with E-state index < -0.39 is 6.04 Å². The van der Waals surface area contributed by atoms with Gasteiger partial charge in [0.1, 0.15) is 12.6 Å². The molecule has 0 heterocycles. The van der Waals surface area contributed by atoms with Crippen molar-refractivity contribution in [3.05, 3.63) is 12.2 Å². The molecule has 0 aromatic carbocycles. The van der Waals surface area contributed by atoms with Gasteiger partial charge in [-0.1, -0.05) is 96.1 Å². The molecule has 0 spiro atoms. The van der Waals surface area contributed by atoms with Crippen LogP contribution in [0, 0.1) is 0 Å². The molecule has 0 aliphatic rings. The Labute approximate surface area is 150 Å². The number of carbonyl (C=O) groups excluding carboxylic acids is 1. The van der Waals surface area contributed by atoms with Crippen molar-refractivity contribution in [2.24, 2.45) is 5.73 Å². The van der Waals surface area contributed by atoms with Gasteiger partial charge in [0, 0.05) is 0 Å². The molecule has 0 aromatic heterocycles. The van der Waals surface area contributed by atoms with Gasteiger partial charge >= 0.3 is 5.97 Å². The number of ether oxygens (including phenoxy) is 1. The Balaban J connectivity index is 3.13. The number of nitrogens with two attached hydrogens (primary N) is 1. The molecule has 142 valence electrons. The highest BCUT2D eigenvalue weighted by Gasteiger charge is 2.06. The van der Waals surface area contributed by atoms with Crippen molar-refractivity contribution in [2.45, 2.75) is 110 Å². The van der Waals surface area contributed by atoms with E-state index in [4.69, 9.17) is 10.5 Å². The minimum absolute atomic E-state index is 0.333. The predicted octanol–water partition coefficient (Wildman–Crippen LogP) is 5.91. The van der Waals surface area contributed by atoms with Crippen molar-refractivity contribution in [3.8, 4) is 0 Å². The van der Waals surface area contributed by atoms with E-state index in [1.54, 1.807) is 6.92 Å². The second-order valence-corrected chi connectivity index (χ2v) is 6.92. The first-order valence-electron chi connectivity index (χ1n) is 10.3. The monoisotopic (exact) mass is 339 g/mol. The van der Waals surface area contributed by atoms with Crippen molar-refractivity contribution in [2.75, 3.05) is 6.61 Å². The van der Waals surface area contributed by atoms with E-state index in [0.29, 0.717) is 6.61 Å². The molecule has 2 N–H and O–H groups in total. The van der Waals surface area contributed by atoms with Gasteiger partial charge in [-0.15, -0.1) is 0 Å². The van der Waals surface area contributed by atoms with Crippen molar-refractivity contribution in [3.63, 3.8) is 0 Å². The molecule has 0 aromatic rings. The van der Waals surface area contributed by atoms with E-state index in [1.165, 1.54) is 83.5 Å². The summed E-state index contributed by atoms with van der Waals surface area (Å²) in [4.78, 5) is 11.1. The Morgan fingerprint density at radius 2 is 1.29 bits per heavy atom.